The van der Waals surface area contributed by atoms with E-state index in [2.05, 4.69) is 38.4 Å². The lowest BCUT2D eigenvalue weighted by atomic mass is 9.96. The molecule has 1 heterocycles. The first-order valence-corrected chi connectivity index (χ1v) is 29.3. The van der Waals surface area contributed by atoms with E-state index in [0.29, 0.717) is 17.9 Å². The molecule has 0 radical (unpaired) electrons. The van der Waals surface area contributed by atoms with Crippen molar-refractivity contribution < 1.29 is 47.7 Å². The number of ether oxygens (including phenoxy) is 4. The zero-order chi connectivity index (χ0) is 56.3. The molecule has 80 heavy (non-hydrogen) atoms. The van der Waals surface area contributed by atoms with Gasteiger partial charge in [-0.1, -0.05) is 155 Å². The van der Waals surface area contributed by atoms with Crippen molar-refractivity contribution in [3.8, 4) is 11.8 Å². The van der Waals surface area contributed by atoms with Gasteiger partial charge in [-0.15, -0.1) is 0 Å². The highest BCUT2D eigenvalue weighted by atomic mass is 16.5. The van der Waals surface area contributed by atoms with Gasteiger partial charge < -0.3 is 50.4 Å². The maximum Gasteiger partial charge on any atom is 0.227 e. The van der Waals surface area contributed by atoms with Gasteiger partial charge in [0.05, 0.1) is 71.5 Å². The van der Waals surface area contributed by atoms with Crippen LogP contribution in [0.3, 0.4) is 0 Å². The summed E-state index contributed by atoms with van der Waals surface area (Å²) in [5.41, 5.74) is 2.53. The van der Waals surface area contributed by atoms with E-state index in [-0.39, 0.29) is 140 Å². The van der Waals surface area contributed by atoms with Crippen LogP contribution in [0.5, 0.6) is 0 Å². The highest BCUT2D eigenvalue weighted by molar-refractivity contribution is 5.97. The van der Waals surface area contributed by atoms with Gasteiger partial charge in [-0.2, -0.15) is 0 Å². The molecule has 0 bridgehead atoms. The molecule has 2 saturated carbocycles. The molecule has 16 nitrogen and oxygen atoms in total. The van der Waals surface area contributed by atoms with Gasteiger partial charge in [-0.05, 0) is 61.6 Å². The topological polar surface area (TPSA) is 203 Å². The van der Waals surface area contributed by atoms with E-state index < -0.39 is 11.4 Å². The normalized spacial score (nSPS) is 15.7. The molecule has 2 fully saturated rings. The second kappa shape index (κ2) is 36.6. The summed E-state index contributed by atoms with van der Waals surface area (Å²) in [5.74, 6) is 5.05. The van der Waals surface area contributed by atoms with Crippen LogP contribution in [0, 0.1) is 11.8 Å². The molecule has 0 aromatic heterocycles. The van der Waals surface area contributed by atoms with E-state index in [0.717, 1.165) is 68.1 Å². The molecule has 432 valence electrons. The minimum atomic E-state index is -1.29. The van der Waals surface area contributed by atoms with Crippen LogP contribution in [-0.4, -0.2) is 112 Å². The van der Waals surface area contributed by atoms with Crippen molar-refractivity contribution in [3.05, 3.63) is 120 Å². The van der Waals surface area contributed by atoms with E-state index in [1.165, 1.54) is 44.9 Å². The van der Waals surface area contributed by atoms with E-state index in [4.69, 9.17) is 18.9 Å². The number of para-hydroxylation sites is 1. The Morgan fingerprint density at radius 3 is 1.51 bits per heavy atom. The van der Waals surface area contributed by atoms with Crippen molar-refractivity contribution >= 4 is 46.8 Å². The van der Waals surface area contributed by atoms with Crippen LogP contribution in [0.4, 0.5) is 11.4 Å². The third-order valence-electron chi connectivity index (χ3n) is 14.4. The van der Waals surface area contributed by atoms with Gasteiger partial charge in [0.1, 0.15) is 5.54 Å². The van der Waals surface area contributed by atoms with E-state index in [9.17, 15) is 28.8 Å². The summed E-state index contributed by atoms with van der Waals surface area (Å²) in [7, 11) is 0. The Labute approximate surface area is 474 Å². The Bertz CT molecular complexity index is 2500. The monoisotopic (exact) mass is 1100 g/mol. The summed E-state index contributed by atoms with van der Waals surface area (Å²) in [6, 6.07) is 32.2. The van der Waals surface area contributed by atoms with Gasteiger partial charge in [0.25, 0.3) is 0 Å². The van der Waals surface area contributed by atoms with Crippen LogP contribution in [0.2, 0.25) is 0 Å². The largest absolute Gasteiger partial charge is 0.379 e. The van der Waals surface area contributed by atoms with E-state index in [1.54, 1.807) is 17.0 Å². The minimum absolute atomic E-state index is 0.00540. The van der Waals surface area contributed by atoms with Crippen LogP contribution in [0.15, 0.2) is 103 Å². The molecule has 0 spiro atoms. The molecule has 16 heteroatoms. The predicted molar refractivity (Wildman–Crippen MR) is 311 cm³/mol. The molecule has 1 aliphatic heterocycles. The van der Waals surface area contributed by atoms with Crippen molar-refractivity contribution in [2.75, 3.05) is 69.6 Å². The van der Waals surface area contributed by atoms with Gasteiger partial charge in [-0.25, -0.2) is 0 Å². The first-order valence-electron chi connectivity index (χ1n) is 29.3. The van der Waals surface area contributed by atoms with Crippen molar-refractivity contribution in [2.24, 2.45) is 0 Å². The molecule has 1 atom stereocenters. The third kappa shape index (κ3) is 24.4. The lowest BCUT2D eigenvalue weighted by molar-refractivity contribution is -0.131. The van der Waals surface area contributed by atoms with Crippen molar-refractivity contribution in [1.82, 2.24) is 21.3 Å². The number of nitrogens with one attached hydrogen (secondary N) is 5. The lowest BCUT2D eigenvalue weighted by Gasteiger charge is -2.34. The minimum Gasteiger partial charge on any atom is -0.379 e. The second-order valence-electron chi connectivity index (χ2n) is 21.1. The molecule has 5 N–H and O–H groups in total. The number of carbonyl (C=O) groups excluding carboxylic acids is 6. The number of fused-ring (bicyclic) bond motifs is 2. The van der Waals surface area contributed by atoms with Crippen LogP contribution in [0.1, 0.15) is 152 Å². The predicted octanol–water partition coefficient (Wildman–Crippen LogP) is 8.92. The summed E-state index contributed by atoms with van der Waals surface area (Å²) < 4.78 is 24.4. The average Bonchev–Trinajstić information content (AvgIpc) is 3.60. The summed E-state index contributed by atoms with van der Waals surface area (Å²) in [6.45, 7) is 0.487. The molecule has 0 saturated heterocycles. The summed E-state index contributed by atoms with van der Waals surface area (Å²) in [6.07, 6.45) is 16.7. The zero-order valence-corrected chi connectivity index (χ0v) is 46.9. The molecule has 3 aromatic rings. The van der Waals surface area contributed by atoms with Crippen molar-refractivity contribution in [3.63, 3.8) is 0 Å². The van der Waals surface area contributed by atoms with Crippen LogP contribution in [0.25, 0.3) is 0 Å². The smallest absolute Gasteiger partial charge is 0.227 e. The van der Waals surface area contributed by atoms with Crippen molar-refractivity contribution in [1.29, 1.82) is 0 Å². The van der Waals surface area contributed by atoms with E-state index >= 15 is 0 Å². The van der Waals surface area contributed by atoms with Crippen LogP contribution >= 0.6 is 0 Å². The molecule has 3 aliphatic rings. The molecule has 2 aliphatic carbocycles. The molecule has 1 unspecified atom stereocenters. The van der Waals surface area contributed by atoms with Crippen molar-refractivity contribution in [2.45, 2.75) is 159 Å². The Kier molecular flexibility index (Phi) is 28.6. The summed E-state index contributed by atoms with van der Waals surface area (Å²) in [4.78, 5) is 81.7. The number of amides is 6. The molecule has 6 rings (SSSR count). The number of rotatable bonds is 28. The average molecular weight is 1100 g/mol. The Morgan fingerprint density at radius 1 is 0.463 bits per heavy atom. The lowest BCUT2D eigenvalue weighted by Crippen LogP contribution is -2.59. The molecular weight excluding hydrogens is 1010 g/mol. The number of carbonyl (C=O) groups is 6. The molecular formula is C64H86N6O10. The van der Waals surface area contributed by atoms with Gasteiger partial charge >= 0.3 is 0 Å². The standard InChI is InChI=1S/C64H86N6O10/c71-58(35-36-63(76)70-47-53-25-20-19-23-51(53)33-34-52-24-21-22-32-57(52)70)65-41-46-77-42-40-62(75)69-64(50-80-45-39-61(74)68-56-30-17-11-6-12-18-31-56,49-79-44-38-60(73)67-55-28-15-9-4-5-10-16-29-55)48-78-43-37-59(72)66-54-26-13-7-2-1-3-8-14-27-54/h1-3,7-8,13-14,19-27,32,55-56H,4-6,9-12,15-18,28-31,35-50H2,(H,65,71)(H,66,72)(H,67,73)(H,68,74)(H,69,75). The number of benzene rings is 2. The fourth-order valence-electron chi connectivity index (χ4n) is 10.0. The Balaban J connectivity index is 1.03. The number of hydrogen-bond donors (Lipinski definition) is 5. The Morgan fingerprint density at radius 2 is 0.925 bits per heavy atom. The fraction of sp³-hybridized carbons (Fsp3) is 0.531. The van der Waals surface area contributed by atoms with Gasteiger partial charge in [0.15, 0.2) is 0 Å². The third-order valence-corrected chi connectivity index (χ3v) is 14.4. The maximum absolute atomic E-state index is 13.9. The first-order chi connectivity index (χ1) is 39.1. The van der Waals surface area contributed by atoms with Gasteiger partial charge in [0.2, 0.25) is 35.4 Å². The van der Waals surface area contributed by atoms with Crippen LogP contribution < -0.4 is 31.5 Å². The van der Waals surface area contributed by atoms with E-state index in [1.807, 2.05) is 91.0 Å². The second-order valence-corrected chi connectivity index (χ2v) is 21.1. The number of nitrogens with zero attached hydrogens (tertiary/aromatic N) is 1. The molecule has 6 amide bonds. The van der Waals surface area contributed by atoms with Gasteiger partial charge in [-0.3, -0.25) is 28.8 Å². The maximum atomic E-state index is 13.9. The highest BCUT2D eigenvalue weighted by Crippen LogP contribution is 2.27. The SMILES string of the molecule is O=C(CCC(=O)N1Cc2ccccc2C#Cc2ccccc21)NCCOCCC(=O)NC(COCCC(=O)Nc1ccccccccc1)(COCCC(=O)NC1CCCCCCCC1)COCCC(=O)NC1CCCCCCC1. The van der Waals surface area contributed by atoms with Crippen LogP contribution in [-0.2, 0) is 54.3 Å². The summed E-state index contributed by atoms with van der Waals surface area (Å²) >= 11 is 0. The first kappa shape index (κ1) is 62.6. The summed E-state index contributed by atoms with van der Waals surface area (Å²) in [5, 5.41) is 15.2. The Hall–Kier alpha value is -6.64. The molecule has 3 aromatic carbocycles. The number of anilines is 2. The van der Waals surface area contributed by atoms with Gasteiger partial charge in [0, 0.05) is 67.5 Å². The number of hydrogen-bond acceptors (Lipinski definition) is 10. The zero-order valence-electron chi connectivity index (χ0n) is 46.9. The fourth-order valence-corrected chi connectivity index (χ4v) is 10.0. The quantitative estimate of drug-likeness (QED) is 0.0345. The highest BCUT2D eigenvalue weighted by Gasteiger charge is 2.34.